The van der Waals surface area contributed by atoms with Crippen molar-refractivity contribution in [2.75, 3.05) is 22.4 Å². The van der Waals surface area contributed by atoms with Gasteiger partial charge in [0.1, 0.15) is 47.5 Å². The maximum Gasteiger partial charge on any atom is 0.337 e. The molecule has 0 unspecified atom stereocenters. The van der Waals surface area contributed by atoms with Gasteiger partial charge in [-0.05, 0) is 61.9 Å². The highest BCUT2D eigenvalue weighted by Gasteiger charge is 2.23. The number of nitriles is 1. The minimum atomic E-state index is -3.68. The standard InChI is InChI=1S/C32H37FN6O6SSi/c1-6-46(42,43)38-27-13-9-23(17-28(27)45-21(2)22-7-11-25(33)12-8-22)30-26(18-34)31(36-29-14-10-24(19-35-29)32(40)41)39(37-30)20-44-15-16-47(3,4)5/h7-14,17,19,21,38H,6,15-16,20H2,1-5H3,(H,35,36)(H,40,41)/t21-/m0/s1. The molecule has 15 heteroatoms. The lowest BCUT2D eigenvalue weighted by atomic mass is 10.1. The Bertz CT molecular complexity index is 1870. The third-order valence-electron chi connectivity index (χ3n) is 7.07. The number of halogens is 1. The highest BCUT2D eigenvalue weighted by Crippen LogP contribution is 2.37. The van der Waals surface area contributed by atoms with Crippen LogP contribution in [0.2, 0.25) is 25.7 Å². The van der Waals surface area contributed by atoms with E-state index in [4.69, 9.17) is 14.6 Å². The number of anilines is 3. The Morgan fingerprint density at radius 1 is 1.15 bits per heavy atom. The largest absolute Gasteiger partial charge is 0.484 e. The molecule has 248 valence electrons. The predicted molar refractivity (Wildman–Crippen MR) is 179 cm³/mol. The first kappa shape index (κ1) is 35.1. The van der Waals surface area contributed by atoms with E-state index in [9.17, 15) is 28.0 Å². The number of aromatic carboxylic acids is 1. The molecule has 3 N–H and O–H groups in total. The van der Waals surface area contributed by atoms with E-state index in [2.05, 4.69) is 40.7 Å². The van der Waals surface area contributed by atoms with Crippen molar-refractivity contribution in [2.45, 2.75) is 52.4 Å². The summed E-state index contributed by atoms with van der Waals surface area (Å²) in [6.07, 6.45) is 0.602. The van der Waals surface area contributed by atoms with Crippen molar-refractivity contribution in [3.63, 3.8) is 0 Å². The zero-order valence-electron chi connectivity index (χ0n) is 26.7. The van der Waals surface area contributed by atoms with Crippen LogP contribution in [0.5, 0.6) is 5.75 Å². The van der Waals surface area contributed by atoms with E-state index >= 15 is 0 Å². The van der Waals surface area contributed by atoms with Gasteiger partial charge in [0.25, 0.3) is 0 Å². The maximum absolute atomic E-state index is 13.6. The second-order valence-corrected chi connectivity index (χ2v) is 19.6. The maximum atomic E-state index is 13.6. The number of carboxylic acid groups (broad SMARTS) is 1. The van der Waals surface area contributed by atoms with E-state index in [1.807, 2.05) is 0 Å². The quantitative estimate of drug-likeness (QED) is 0.0917. The molecule has 12 nitrogen and oxygen atoms in total. The van der Waals surface area contributed by atoms with Crippen molar-refractivity contribution in [1.82, 2.24) is 14.8 Å². The first-order chi connectivity index (χ1) is 22.2. The Labute approximate surface area is 274 Å². The number of nitrogens with one attached hydrogen (secondary N) is 2. The van der Waals surface area contributed by atoms with Gasteiger partial charge >= 0.3 is 5.97 Å². The molecule has 0 bridgehead atoms. The number of nitrogens with zero attached hydrogens (tertiary/aromatic N) is 4. The Morgan fingerprint density at radius 3 is 2.47 bits per heavy atom. The van der Waals surface area contributed by atoms with Crippen molar-refractivity contribution < 1.29 is 32.2 Å². The van der Waals surface area contributed by atoms with Crippen molar-refractivity contribution in [1.29, 1.82) is 5.26 Å². The Morgan fingerprint density at radius 2 is 1.87 bits per heavy atom. The van der Waals surface area contributed by atoms with Gasteiger partial charge in [-0.25, -0.2) is 27.3 Å². The SMILES string of the molecule is CCS(=O)(=O)Nc1ccc(-c2nn(COCC[Si](C)(C)C)c(Nc3ccc(C(=O)O)cn3)c2C#N)cc1O[C@@H](C)c1ccc(F)cc1. The van der Waals surface area contributed by atoms with Crippen LogP contribution in [0.25, 0.3) is 11.3 Å². The Kier molecular flexibility index (Phi) is 11.0. The molecule has 0 spiro atoms. The molecule has 2 aromatic heterocycles. The van der Waals surface area contributed by atoms with Crippen LogP contribution in [0.1, 0.15) is 41.4 Å². The fraction of sp³-hybridized carbons (Fsp3) is 0.312. The number of carbonyl (C=O) groups is 1. The smallest absolute Gasteiger partial charge is 0.337 e. The molecule has 0 fully saturated rings. The number of rotatable bonds is 15. The van der Waals surface area contributed by atoms with Gasteiger partial charge in [-0.15, -0.1) is 0 Å². The summed E-state index contributed by atoms with van der Waals surface area (Å²) in [6, 6.07) is 16.5. The Hall–Kier alpha value is -4.78. The third kappa shape index (κ3) is 9.38. The Balaban J connectivity index is 1.77. The van der Waals surface area contributed by atoms with Crippen LogP contribution < -0.4 is 14.8 Å². The summed E-state index contributed by atoms with van der Waals surface area (Å²) in [5.74, 6) is -0.977. The minimum Gasteiger partial charge on any atom is -0.484 e. The molecule has 0 saturated heterocycles. The fourth-order valence-electron chi connectivity index (χ4n) is 4.32. The van der Waals surface area contributed by atoms with E-state index in [0.717, 1.165) is 6.04 Å². The van der Waals surface area contributed by atoms with E-state index in [1.165, 1.54) is 48.1 Å². The topological polar surface area (TPSA) is 168 Å². The average Bonchev–Trinajstić information content (AvgIpc) is 3.36. The molecule has 0 amide bonds. The molecule has 0 aliphatic rings. The average molecular weight is 681 g/mol. The highest BCUT2D eigenvalue weighted by molar-refractivity contribution is 7.92. The van der Waals surface area contributed by atoms with Gasteiger partial charge in [-0.3, -0.25) is 4.72 Å². The van der Waals surface area contributed by atoms with Gasteiger partial charge in [0.05, 0.1) is 17.0 Å². The molecular weight excluding hydrogens is 644 g/mol. The second kappa shape index (κ2) is 14.8. The van der Waals surface area contributed by atoms with Crippen molar-refractivity contribution >= 4 is 41.4 Å². The molecule has 4 rings (SSSR count). The number of pyridine rings is 1. The number of aromatic nitrogens is 3. The van der Waals surface area contributed by atoms with Crippen LogP contribution >= 0.6 is 0 Å². The second-order valence-electron chi connectivity index (χ2n) is 11.9. The summed E-state index contributed by atoms with van der Waals surface area (Å²) in [6.45, 7) is 10.4. The summed E-state index contributed by atoms with van der Waals surface area (Å²) in [7, 11) is -5.06. The molecular formula is C32H37FN6O6SSi. The molecule has 2 heterocycles. The monoisotopic (exact) mass is 680 g/mol. The fourth-order valence-corrected chi connectivity index (χ4v) is 5.72. The van der Waals surface area contributed by atoms with Gasteiger partial charge in [0.15, 0.2) is 5.82 Å². The van der Waals surface area contributed by atoms with Gasteiger partial charge in [-0.1, -0.05) is 37.8 Å². The molecule has 1 atom stereocenters. The zero-order chi connectivity index (χ0) is 34.4. The number of carboxylic acids is 1. The van der Waals surface area contributed by atoms with Crippen LogP contribution in [0.15, 0.2) is 60.8 Å². The van der Waals surface area contributed by atoms with Crippen LogP contribution in [0.3, 0.4) is 0 Å². The first-order valence-corrected chi connectivity index (χ1v) is 20.2. The number of sulfonamides is 1. The number of hydrogen-bond acceptors (Lipinski definition) is 9. The first-order valence-electron chi connectivity index (χ1n) is 14.8. The van der Waals surface area contributed by atoms with E-state index in [0.29, 0.717) is 17.7 Å². The van der Waals surface area contributed by atoms with E-state index in [-0.39, 0.29) is 52.4 Å². The molecule has 0 saturated carbocycles. The van der Waals surface area contributed by atoms with Gasteiger partial charge in [-0.2, -0.15) is 10.4 Å². The van der Waals surface area contributed by atoms with Crippen LogP contribution in [0.4, 0.5) is 21.7 Å². The summed E-state index contributed by atoms with van der Waals surface area (Å²) in [5, 5.41) is 27.4. The highest BCUT2D eigenvalue weighted by atomic mass is 32.2. The van der Waals surface area contributed by atoms with E-state index in [1.54, 1.807) is 31.2 Å². The molecule has 0 aliphatic carbocycles. The lowest BCUT2D eigenvalue weighted by Crippen LogP contribution is -2.22. The normalized spacial score (nSPS) is 12.3. The summed E-state index contributed by atoms with van der Waals surface area (Å²) < 4.78 is 54.8. The molecule has 47 heavy (non-hydrogen) atoms. The summed E-state index contributed by atoms with van der Waals surface area (Å²) >= 11 is 0. The predicted octanol–water partition coefficient (Wildman–Crippen LogP) is 6.61. The van der Waals surface area contributed by atoms with Crippen LogP contribution in [-0.4, -0.2) is 54.7 Å². The number of hydrogen-bond donors (Lipinski definition) is 3. The summed E-state index contributed by atoms with van der Waals surface area (Å²) in [5.41, 5.74) is 1.68. The van der Waals surface area contributed by atoms with Crippen molar-refractivity contribution in [3.05, 3.63) is 83.3 Å². The van der Waals surface area contributed by atoms with Gasteiger partial charge < -0.3 is 19.9 Å². The van der Waals surface area contributed by atoms with Crippen LogP contribution in [-0.2, 0) is 21.5 Å². The summed E-state index contributed by atoms with van der Waals surface area (Å²) in [4.78, 5) is 15.5. The third-order valence-corrected chi connectivity index (χ3v) is 10.1. The van der Waals surface area contributed by atoms with Crippen molar-refractivity contribution in [2.24, 2.45) is 0 Å². The van der Waals surface area contributed by atoms with Crippen molar-refractivity contribution in [3.8, 4) is 23.1 Å². The number of benzene rings is 2. The van der Waals surface area contributed by atoms with Gasteiger partial charge in [0, 0.05) is 26.4 Å². The molecule has 0 radical (unpaired) electrons. The lowest BCUT2D eigenvalue weighted by molar-refractivity contribution is 0.0696. The van der Waals surface area contributed by atoms with Gasteiger partial charge in [0.2, 0.25) is 10.0 Å². The zero-order valence-corrected chi connectivity index (χ0v) is 28.6. The molecule has 0 aliphatic heterocycles. The lowest BCUT2D eigenvalue weighted by Gasteiger charge is -2.19. The van der Waals surface area contributed by atoms with Crippen LogP contribution in [0, 0.1) is 17.1 Å². The molecule has 2 aromatic carbocycles. The minimum absolute atomic E-state index is 0.00103. The van der Waals surface area contributed by atoms with E-state index < -0.39 is 36.0 Å². The number of ether oxygens (including phenoxy) is 2. The molecule has 4 aromatic rings.